The van der Waals surface area contributed by atoms with Crippen LogP contribution in [0, 0.1) is 5.92 Å². The van der Waals surface area contributed by atoms with Gasteiger partial charge in [0.05, 0.1) is 12.6 Å². The molecule has 1 aliphatic heterocycles. The van der Waals surface area contributed by atoms with E-state index in [2.05, 4.69) is 17.6 Å². The highest BCUT2D eigenvalue weighted by Crippen LogP contribution is 2.29. The van der Waals surface area contributed by atoms with Crippen LogP contribution in [-0.2, 0) is 4.74 Å². The summed E-state index contributed by atoms with van der Waals surface area (Å²) in [5.74, 6) is 0.690. The van der Waals surface area contributed by atoms with Crippen molar-refractivity contribution >= 4 is 6.03 Å². The highest BCUT2D eigenvalue weighted by molar-refractivity contribution is 5.74. The van der Waals surface area contributed by atoms with Gasteiger partial charge in [0.15, 0.2) is 0 Å². The number of rotatable bonds is 3. The Morgan fingerprint density at radius 2 is 2.20 bits per heavy atom. The summed E-state index contributed by atoms with van der Waals surface area (Å²) >= 11 is 0. The van der Waals surface area contributed by atoms with Crippen molar-refractivity contribution < 1.29 is 9.53 Å². The first-order valence-electron chi connectivity index (χ1n) is 5.90. The van der Waals surface area contributed by atoms with E-state index >= 15 is 0 Å². The van der Waals surface area contributed by atoms with E-state index in [1.54, 1.807) is 0 Å². The largest absolute Gasteiger partial charge is 0.379 e. The molecule has 2 unspecified atom stereocenters. The topological polar surface area (TPSA) is 50.4 Å². The van der Waals surface area contributed by atoms with Gasteiger partial charge in [-0.05, 0) is 32.1 Å². The van der Waals surface area contributed by atoms with Gasteiger partial charge in [0, 0.05) is 12.6 Å². The molecule has 15 heavy (non-hydrogen) atoms. The third-order valence-corrected chi connectivity index (χ3v) is 3.48. The highest BCUT2D eigenvalue weighted by atomic mass is 16.5. The zero-order valence-electron chi connectivity index (χ0n) is 9.29. The van der Waals surface area contributed by atoms with E-state index in [0.717, 1.165) is 13.0 Å². The molecule has 2 atom stereocenters. The molecule has 1 saturated carbocycles. The number of urea groups is 1. The van der Waals surface area contributed by atoms with Gasteiger partial charge in [-0.1, -0.05) is 6.42 Å². The second-order valence-corrected chi connectivity index (χ2v) is 4.66. The van der Waals surface area contributed by atoms with Gasteiger partial charge in [0.2, 0.25) is 0 Å². The molecule has 1 heterocycles. The Morgan fingerprint density at radius 1 is 1.40 bits per heavy atom. The van der Waals surface area contributed by atoms with Crippen LogP contribution in [0.2, 0.25) is 0 Å². The second-order valence-electron chi connectivity index (χ2n) is 4.66. The molecule has 2 N–H and O–H groups in total. The molecule has 4 nitrogen and oxygen atoms in total. The quantitative estimate of drug-likeness (QED) is 0.740. The number of carbonyl (C=O) groups excluding carboxylic acids is 1. The number of ether oxygens (including phenoxy) is 1. The normalized spacial score (nSPS) is 28.2. The van der Waals surface area contributed by atoms with Crippen LogP contribution in [0.3, 0.4) is 0 Å². The van der Waals surface area contributed by atoms with E-state index < -0.39 is 0 Å². The van der Waals surface area contributed by atoms with Crippen LogP contribution in [0.15, 0.2) is 0 Å². The molecule has 0 radical (unpaired) electrons. The minimum Gasteiger partial charge on any atom is -0.379 e. The lowest BCUT2D eigenvalue weighted by Crippen LogP contribution is -2.48. The molecule has 86 valence electrons. The molecule has 0 spiro atoms. The molecule has 4 heteroatoms. The molecule has 1 aliphatic carbocycles. The average molecular weight is 212 g/mol. The molecule has 0 aromatic carbocycles. The lowest BCUT2D eigenvalue weighted by Gasteiger charge is -2.32. The molecular formula is C11H20N2O2. The van der Waals surface area contributed by atoms with Crippen molar-refractivity contribution in [2.75, 3.05) is 13.2 Å². The van der Waals surface area contributed by atoms with Crippen molar-refractivity contribution in [3.8, 4) is 0 Å². The van der Waals surface area contributed by atoms with E-state index in [9.17, 15) is 4.79 Å². The van der Waals surface area contributed by atoms with Gasteiger partial charge in [-0.2, -0.15) is 0 Å². The summed E-state index contributed by atoms with van der Waals surface area (Å²) in [6, 6.07) is 0.476. The molecular weight excluding hydrogens is 192 g/mol. The van der Waals surface area contributed by atoms with E-state index in [1.807, 2.05) is 0 Å². The Balaban J connectivity index is 1.66. The van der Waals surface area contributed by atoms with Crippen LogP contribution < -0.4 is 10.6 Å². The van der Waals surface area contributed by atoms with Crippen LogP contribution in [0.25, 0.3) is 0 Å². The molecule has 2 rings (SSSR count). The van der Waals surface area contributed by atoms with Gasteiger partial charge in [-0.3, -0.25) is 0 Å². The maximum atomic E-state index is 11.6. The maximum Gasteiger partial charge on any atom is 0.315 e. The Morgan fingerprint density at radius 3 is 2.73 bits per heavy atom. The number of amides is 2. The van der Waals surface area contributed by atoms with E-state index in [4.69, 9.17) is 4.74 Å². The summed E-state index contributed by atoms with van der Waals surface area (Å²) in [6.45, 7) is 3.52. The van der Waals surface area contributed by atoms with E-state index in [1.165, 1.54) is 19.3 Å². The lowest BCUT2D eigenvalue weighted by molar-refractivity contribution is 0.185. The van der Waals surface area contributed by atoms with Gasteiger partial charge < -0.3 is 15.4 Å². The summed E-state index contributed by atoms with van der Waals surface area (Å²) < 4.78 is 5.20. The van der Waals surface area contributed by atoms with Crippen LogP contribution in [0.1, 0.15) is 32.6 Å². The predicted molar refractivity (Wildman–Crippen MR) is 57.7 cm³/mol. The molecule has 0 aromatic heterocycles. The van der Waals surface area contributed by atoms with Crippen LogP contribution in [0.5, 0.6) is 0 Å². The van der Waals surface area contributed by atoms with Crippen molar-refractivity contribution in [1.82, 2.24) is 10.6 Å². The Kier molecular flexibility index (Phi) is 3.46. The third-order valence-electron chi connectivity index (χ3n) is 3.48. The predicted octanol–water partition coefficient (Wildman–Crippen LogP) is 1.26. The van der Waals surface area contributed by atoms with Crippen molar-refractivity contribution in [3.05, 3.63) is 0 Å². The van der Waals surface area contributed by atoms with E-state index in [-0.39, 0.29) is 12.1 Å². The third kappa shape index (κ3) is 2.84. The summed E-state index contributed by atoms with van der Waals surface area (Å²) in [7, 11) is 0. The fourth-order valence-corrected chi connectivity index (χ4v) is 2.14. The molecule has 0 aromatic rings. The van der Waals surface area contributed by atoms with Gasteiger partial charge >= 0.3 is 6.03 Å². The van der Waals surface area contributed by atoms with Crippen LogP contribution >= 0.6 is 0 Å². The number of nitrogens with one attached hydrogen (secondary N) is 2. The first-order valence-corrected chi connectivity index (χ1v) is 5.90. The van der Waals surface area contributed by atoms with Crippen molar-refractivity contribution in [2.24, 2.45) is 5.92 Å². The minimum absolute atomic E-state index is 0.0371. The van der Waals surface area contributed by atoms with Gasteiger partial charge in [0.25, 0.3) is 0 Å². The molecule has 2 amide bonds. The number of hydrogen-bond donors (Lipinski definition) is 2. The zero-order valence-corrected chi connectivity index (χ0v) is 9.29. The first-order chi connectivity index (χ1) is 7.25. The fourth-order valence-electron chi connectivity index (χ4n) is 2.14. The first kappa shape index (κ1) is 10.7. The Hall–Kier alpha value is -0.770. The second kappa shape index (κ2) is 4.84. The minimum atomic E-state index is -0.0371. The monoisotopic (exact) mass is 212 g/mol. The average Bonchev–Trinajstić information content (AvgIpc) is 2.52. The Bertz CT molecular complexity index is 223. The van der Waals surface area contributed by atoms with Crippen molar-refractivity contribution in [1.29, 1.82) is 0 Å². The van der Waals surface area contributed by atoms with E-state index in [0.29, 0.717) is 18.6 Å². The zero-order chi connectivity index (χ0) is 10.7. The maximum absolute atomic E-state index is 11.6. The summed E-state index contributed by atoms with van der Waals surface area (Å²) in [6.07, 6.45) is 4.77. The molecule has 0 bridgehead atoms. The number of hydrogen-bond acceptors (Lipinski definition) is 2. The standard InChI is InChI=1S/C11H20N2O2/c1-8(9-3-2-4-9)12-11(14)13-10-5-6-15-7-10/h8-10H,2-7H2,1H3,(H2,12,13,14). The van der Waals surface area contributed by atoms with Crippen LogP contribution in [-0.4, -0.2) is 31.3 Å². The smallest absolute Gasteiger partial charge is 0.315 e. The van der Waals surface area contributed by atoms with Crippen LogP contribution in [0.4, 0.5) is 4.79 Å². The summed E-state index contributed by atoms with van der Waals surface area (Å²) in [4.78, 5) is 11.6. The number of carbonyl (C=O) groups is 1. The Labute approximate surface area is 90.8 Å². The molecule has 2 aliphatic rings. The van der Waals surface area contributed by atoms with Gasteiger partial charge in [-0.25, -0.2) is 4.79 Å². The van der Waals surface area contributed by atoms with Gasteiger partial charge in [-0.15, -0.1) is 0 Å². The van der Waals surface area contributed by atoms with Crippen molar-refractivity contribution in [3.63, 3.8) is 0 Å². The molecule has 2 fully saturated rings. The molecule has 1 saturated heterocycles. The fraction of sp³-hybridized carbons (Fsp3) is 0.909. The lowest BCUT2D eigenvalue weighted by atomic mass is 9.80. The summed E-state index contributed by atoms with van der Waals surface area (Å²) in [5, 5.41) is 5.94. The summed E-state index contributed by atoms with van der Waals surface area (Å²) in [5.41, 5.74) is 0. The SMILES string of the molecule is CC(NC(=O)NC1CCOC1)C1CCC1. The van der Waals surface area contributed by atoms with Crippen molar-refractivity contribution in [2.45, 2.75) is 44.7 Å². The van der Waals surface area contributed by atoms with Gasteiger partial charge in [0.1, 0.15) is 0 Å². The highest BCUT2D eigenvalue weighted by Gasteiger charge is 2.26.